The lowest BCUT2D eigenvalue weighted by atomic mass is 10.1. The fourth-order valence-corrected chi connectivity index (χ4v) is 4.31. The van der Waals surface area contributed by atoms with E-state index in [9.17, 15) is 14.7 Å². The smallest absolute Gasteiger partial charge is 0.311 e. The predicted molar refractivity (Wildman–Crippen MR) is 127 cm³/mol. The summed E-state index contributed by atoms with van der Waals surface area (Å²) in [7, 11) is 0. The van der Waals surface area contributed by atoms with Crippen LogP contribution in [0.5, 0.6) is 11.6 Å². The minimum absolute atomic E-state index is 0.249. The first-order valence-electron chi connectivity index (χ1n) is 9.45. The maximum atomic E-state index is 12.4. The molecule has 2 aromatic carbocycles. The summed E-state index contributed by atoms with van der Waals surface area (Å²) in [5.41, 5.74) is 3.06. The van der Waals surface area contributed by atoms with Gasteiger partial charge in [-0.15, -0.1) is 0 Å². The molecular weight excluding hydrogens is 482 g/mol. The highest BCUT2D eigenvalue weighted by Crippen LogP contribution is 2.36. The zero-order valence-electron chi connectivity index (χ0n) is 16.5. The molecule has 7 nitrogen and oxygen atoms in total. The Balaban J connectivity index is 1.51. The molecule has 1 aromatic heterocycles. The average molecular weight is 500 g/mol. The van der Waals surface area contributed by atoms with Gasteiger partial charge in [0, 0.05) is 27.5 Å². The van der Waals surface area contributed by atoms with Gasteiger partial charge in [0.15, 0.2) is 0 Å². The first kappa shape index (κ1) is 21.1. The van der Waals surface area contributed by atoms with E-state index in [1.165, 1.54) is 0 Å². The number of aromatic nitrogens is 1. The van der Waals surface area contributed by atoms with Crippen molar-refractivity contribution in [1.29, 1.82) is 0 Å². The van der Waals surface area contributed by atoms with Gasteiger partial charge in [0.25, 0.3) is 0 Å². The van der Waals surface area contributed by atoms with Gasteiger partial charge in [-0.05, 0) is 55.5 Å². The Bertz CT molecular complexity index is 1260. The van der Waals surface area contributed by atoms with Crippen LogP contribution >= 0.6 is 27.3 Å². The van der Waals surface area contributed by atoms with Crippen LogP contribution in [0.2, 0.25) is 0 Å². The van der Waals surface area contributed by atoms with E-state index in [1.54, 1.807) is 36.6 Å². The van der Waals surface area contributed by atoms with Crippen molar-refractivity contribution in [2.24, 2.45) is 4.99 Å². The largest absolute Gasteiger partial charge is 0.494 e. The zero-order chi connectivity index (χ0) is 22.0. The van der Waals surface area contributed by atoms with Crippen molar-refractivity contribution in [2.45, 2.75) is 13.5 Å². The van der Waals surface area contributed by atoms with Crippen LogP contribution in [0.25, 0.3) is 11.6 Å². The molecule has 0 atom stereocenters. The first-order chi connectivity index (χ1) is 14.9. The molecule has 2 heterocycles. The van der Waals surface area contributed by atoms with E-state index in [0.717, 1.165) is 37.2 Å². The summed E-state index contributed by atoms with van der Waals surface area (Å²) in [6.45, 7) is 2.15. The Morgan fingerprint density at radius 3 is 2.81 bits per heavy atom. The summed E-state index contributed by atoms with van der Waals surface area (Å²) >= 11 is 4.31. The molecule has 0 bridgehead atoms. The number of ether oxygens (including phenoxy) is 1. The van der Waals surface area contributed by atoms with Crippen molar-refractivity contribution in [3.05, 3.63) is 67.0 Å². The van der Waals surface area contributed by atoms with E-state index in [2.05, 4.69) is 26.2 Å². The zero-order valence-corrected chi connectivity index (χ0v) is 18.9. The topological polar surface area (TPSA) is 92.9 Å². The van der Waals surface area contributed by atoms with Crippen molar-refractivity contribution in [3.8, 4) is 11.6 Å². The number of allylic oxidation sites excluding steroid dienone is 1. The van der Waals surface area contributed by atoms with Crippen LogP contribution in [0.1, 0.15) is 17.4 Å². The van der Waals surface area contributed by atoms with Crippen molar-refractivity contribution < 1.29 is 14.6 Å². The third kappa shape index (κ3) is 4.62. The Kier molecular flexibility index (Phi) is 6.06. The minimum atomic E-state index is -0.421. The SMILES string of the molecule is CCOc1ccc(NC(=O)Cn2c(O)c(C=C3C=Nc4ccc(Br)cc43)sc2=O)cc1. The van der Waals surface area contributed by atoms with Crippen LogP contribution in [0, 0.1) is 0 Å². The molecule has 3 aromatic rings. The molecule has 0 spiro atoms. The summed E-state index contributed by atoms with van der Waals surface area (Å²) in [4.78, 5) is 29.1. The molecule has 1 aliphatic heterocycles. The van der Waals surface area contributed by atoms with Crippen LogP contribution in [-0.4, -0.2) is 28.4 Å². The maximum Gasteiger partial charge on any atom is 0.311 e. The Labute approximate surface area is 190 Å². The number of thiazole rings is 1. The molecule has 9 heteroatoms. The molecule has 4 rings (SSSR count). The van der Waals surface area contributed by atoms with Crippen LogP contribution in [-0.2, 0) is 11.3 Å². The first-order valence-corrected chi connectivity index (χ1v) is 11.1. The second kappa shape index (κ2) is 8.91. The number of amides is 1. The predicted octanol–water partition coefficient (Wildman–Crippen LogP) is 4.67. The molecule has 0 fully saturated rings. The molecular formula is C22H18BrN3O4S. The Hall–Kier alpha value is -3.17. The van der Waals surface area contributed by atoms with Crippen LogP contribution in [0.3, 0.4) is 0 Å². The van der Waals surface area contributed by atoms with E-state index in [0.29, 0.717) is 22.9 Å². The minimum Gasteiger partial charge on any atom is -0.494 e. The number of nitrogens with zero attached hydrogens (tertiary/aromatic N) is 2. The number of fused-ring (bicyclic) bond motifs is 1. The molecule has 1 aliphatic rings. The second-order valence-electron chi connectivity index (χ2n) is 6.67. The quantitative estimate of drug-likeness (QED) is 0.515. The highest BCUT2D eigenvalue weighted by Gasteiger charge is 2.18. The maximum absolute atomic E-state index is 12.4. The molecule has 0 saturated carbocycles. The van der Waals surface area contributed by atoms with Crippen molar-refractivity contribution in [3.63, 3.8) is 0 Å². The fraction of sp³-hybridized carbons (Fsp3) is 0.136. The molecule has 2 N–H and O–H groups in total. The number of carbonyl (C=O) groups is 1. The molecule has 0 radical (unpaired) electrons. The van der Waals surface area contributed by atoms with Gasteiger partial charge in [0.2, 0.25) is 11.8 Å². The lowest BCUT2D eigenvalue weighted by Crippen LogP contribution is -2.24. The monoisotopic (exact) mass is 499 g/mol. The number of halogens is 1. The van der Waals surface area contributed by atoms with Gasteiger partial charge in [-0.25, -0.2) is 0 Å². The van der Waals surface area contributed by atoms with Gasteiger partial charge in [-0.1, -0.05) is 27.3 Å². The third-order valence-corrected chi connectivity index (χ3v) is 5.95. The lowest BCUT2D eigenvalue weighted by Gasteiger charge is -2.08. The molecule has 0 unspecified atom stereocenters. The summed E-state index contributed by atoms with van der Waals surface area (Å²) in [6.07, 6.45) is 3.38. The number of rotatable bonds is 6. The summed E-state index contributed by atoms with van der Waals surface area (Å²) < 4.78 is 7.33. The molecule has 158 valence electrons. The number of carbonyl (C=O) groups excluding carboxylic acids is 1. The summed E-state index contributed by atoms with van der Waals surface area (Å²) in [5.74, 6) is 0.0328. The van der Waals surface area contributed by atoms with Gasteiger partial charge in [-0.3, -0.25) is 19.1 Å². The highest BCUT2D eigenvalue weighted by molar-refractivity contribution is 9.10. The molecule has 0 saturated heterocycles. The Morgan fingerprint density at radius 1 is 1.29 bits per heavy atom. The van der Waals surface area contributed by atoms with Gasteiger partial charge >= 0.3 is 4.87 Å². The van der Waals surface area contributed by atoms with Gasteiger partial charge in [0.05, 0.1) is 17.2 Å². The van der Waals surface area contributed by atoms with Crippen molar-refractivity contribution >= 4 is 62.4 Å². The van der Waals surface area contributed by atoms with Crippen LogP contribution < -0.4 is 14.9 Å². The van der Waals surface area contributed by atoms with Crippen LogP contribution in [0.4, 0.5) is 11.4 Å². The van der Waals surface area contributed by atoms with E-state index in [4.69, 9.17) is 4.74 Å². The average Bonchev–Trinajstić information content (AvgIpc) is 3.25. The number of aliphatic imine (C=N–C) groups is 1. The van der Waals surface area contributed by atoms with E-state index < -0.39 is 10.8 Å². The molecule has 0 aliphatic carbocycles. The number of hydrogen-bond acceptors (Lipinski definition) is 6. The fourth-order valence-electron chi connectivity index (χ4n) is 3.11. The normalized spacial score (nSPS) is 13.4. The van der Waals surface area contributed by atoms with Crippen molar-refractivity contribution in [1.82, 2.24) is 4.57 Å². The number of nitrogens with one attached hydrogen (secondary N) is 1. The Morgan fingerprint density at radius 2 is 2.06 bits per heavy atom. The number of aromatic hydroxyl groups is 1. The van der Waals surface area contributed by atoms with Crippen LogP contribution in [0.15, 0.2) is 56.7 Å². The molecule has 1 amide bonds. The standard InChI is InChI=1S/C22H18BrN3O4S/c1-2-30-16-6-4-15(5-7-16)25-20(27)12-26-21(28)19(31-22(26)29)9-13-11-24-18-8-3-14(23)10-17(13)18/h3-11,28H,2,12H2,1H3,(H,25,27). The summed E-state index contributed by atoms with van der Waals surface area (Å²) in [6, 6.07) is 12.6. The highest BCUT2D eigenvalue weighted by atomic mass is 79.9. The number of benzene rings is 2. The van der Waals surface area contributed by atoms with E-state index in [-0.39, 0.29) is 12.4 Å². The third-order valence-electron chi connectivity index (χ3n) is 4.54. The number of hydrogen-bond donors (Lipinski definition) is 2. The van der Waals surface area contributed by atoms with Crippen molar-refractivity contribution in [2.75, 3.05) is 11.9 Å². The second-order valence-corrected chi connectivity index (χ2v) is 8.58. The molecule has 31 heavy (non-hydrogen) atoms. The number of anilines is 1. The van der Waals surface area contributed by atoms with E-state index >= 15 is 0 Å². The van der Waals surface area contributed by atoms with Gasteiger partial charge in [-0.2, -0.15) is 0 Å². The summed E-state index contributed by atoms with van der Waals surface area (Å²) in [5, 5.41) is 13.3. The lowest BCUT2D eigenvalue weighted by molar-refractivity contribution is -0.116. The van der Waals surface area contributed by atoms with Gasteiger partial charge < -0.3 is 15.2 Å². The van der Waals surface area contributed by atoms with E-state index in [1.807, 2.05) is 25.1 Å². The van der Waals surface area contributed by atoms with Gasteiger partial charge in [0.1, 0.15) is 12.3 Å².